The Balaban J connectivity index is 1.61. The molecule has 2 atom stereocenters. The van der Waals surface area contributed by atoms with Gasteiger partial charge in [-0.1, -0.05) is 0 Å². The Kier molecular flexibility index (Phi) is 5.27. The molecule has 0 aliphatic carbocycles. The molecule has 0 saturated carbocycles. The minimum absolute atomic E-state index is 0.0718. The molecule has 11 heteroatoms. The summed E-state index contributed by atoms with van der Waals surface area (Å²) in [7, 11) is 1.71. The van der Waals surface area contributed by atoms with Crippen molar-refractivity contribution in [3.63, 3.8) is 0 Å². The average molecular weight is 473 g/mol. The summed E-state index contributed by atoms with van der Waals surface area (Å²) in [5, 5.41) is 22.8. The maximum absolute atomic E-state index is 14.0. The molecule has 2 aliphatic heterocycles. The zero-order chi connectivity index (χ0) is 24.0. The first-order chi connectivity index (χ1) is 16.4. The molecule has 1 aromatic carbocycles. The normalized spacial score (nSPS) is 19.7. The van der Waals surface area contributed by atoms with Crippen molar-refractivity contribution in [1.82, 2.24) is 19.7 Å². The summed E-state index contributed by atoms with van der Waals surface area (Å²) in [6.07, 6.45) is 6.41. The van der Waals surface area contributed by atoms with E-state index in [2.05, 4.69) is 10.1 Å². The number of carbonyl (C=O) groups is 2. The first-order valence-electron chi connectivity index (χ1n) is 10.3. The number of fused-ring (bicyclic) bond motifs is 2. The quantitative estimate of drug-likeness (QED) is 0.571. The van der Waals surface area contributed by atoms with Gasteiger partial charge in [-0.2, -0.15) is 15.6 Å². The predicted octanol–water partition coefficient (Wildman–Crippen LogP) is 3.19. The largest absolute Gasteiger partial charge is 0.332 e. The number of halogens is 1. The fraction of sp³-hybridized carbons (Fsp3) is 0.217. The van der Waals surface area contributed by atoms with Gasteiger partial charge in [-0.3, -0.25) is 14.5 Å². The summed E-state index contributed by atoms with van der Waals surface area (Å²) in [4.78, 5) is 34.5. The molecular formula is C23H16FN7O2S. The lowest BCUT2D eigenvalue weighted by atomic mass is 10.0. The van der Waals surface area contributed by atoms with Crippen molar-refractivity contribution in [3.05, 3.63) is 59.8 Å². The molecule has 0 spiro atoms. The zero-order valence-electron chi connectivity index (χ0n) is 17.8. The minimum atomic E-state index is -0.732. The third-order valence-electron chi connectivity index (χ3n) is 5.84. The van der Waals surface area contributed by atoms with Crippen LogP contribution in [-0.2, 0) is 11.8 Å². The van der Waals surface area contributed by atoms with Gasteiger partial charge in [0.15, 0.2) is 0 Å². The molecule has 4 heterocycles. The Labute approximate surface area is 197 Å². The molecule has 5 rings (SSSR count). The van der Waals surface area contributed by atoms with E-state index in [4.69, 9.17) is 5.26 Å². The molecule has 168 valence electrons. The highest BCUT2D eigenvalue weighted by atomic mass is 32.2. The van der Waals surface area contributed by atoms with Crippen molar-refractivity contribution in [2.45, 2.75) is 17.7 Å². The molecule has 34 heavy (non-hydrogen) atoms. The molecule has 3 amide bonds. The van der Waals surface area contributed by atoms with Crippen molar-refractivity contribution >= 4 is 45.2 Å². The van der Waals surface area contributed by atoms with E-state index < -0.39 is 29.0 Å². The number of carbonyl (C=O) groups excluding carboxylic acids is 2. The van der Waals surface area contributed by atoms with Gasteiger partial charge in [0, 0.05) is 35.6 Å². The van der Waals surface area contributed by atoms with Gasteiger partial charge in [0.25, 0.3) is 5.91 Å². The summed E-state index contributed by atoms with van der Waals surface area (Å²) in [5.41, 5.74) is 1.50. The Morgan fingerprint density at radius 2 is 2.03 bits per heavy atom. The second kappa shape index (κ2) is 8.28. The Morgan fingerprint density at radius 1 is 1.21 bits per heavy atom. The van der Waals surface area contributed by atoms with E-state index in [-0.39, 0.29) is 18.5 Å². The van der Waals surface area contributed by atoms with E-state index in [0.717, 1.165) is 4.90 Å². The Hall–Kier alpha value is -4.22. The van der Waals surface area contributed by atoms with Crippen LogP contribution in [0, 0.1) is 28.5 Å². The van der Waals surface area contributed by atoms with Crippen molar-refractivity contribution in [3.8, 4) is 12.1 Å². The van der Waals surface area contributed by atoms with Crippen LogP contribution in [0.25, 0.3) is 15.8 Å². The third kappa shape index (κ3) is 3.29. The highest BCUT2D eigenvalue weighted by molar-refractivity contribution is 8.09. The second-order valence-corrected chi connectivity index (χ2v) is 8.97. The molecule has 0 radical (unpaired) electrons. The van der Waals surface area contributed by atoms with E-state index in [1.165, 1.54) is 41.1 Å². The van der Waals surface area contributed by atoms with Crippen molar-refractivity contribution in [2.24, 2.45) is 7.05 Å². The van der Waals surface area contributed by atoms with Crippen LogP contribution in [0.15, 0.2) is 42.9 Å². The Morgan fingerprint density at radius 3 is 2.79 bits per heavy atom. The van der Waals surface area contributed by atoms with Gasteiger partial charge in [0.05, 0.1) is 53.8 Å². The fourth-order valence-corrected chi connectivity index (χ4v) is 5.66. The number of thioether (sulfide) groups is 1. The number of nitriles is 2. The van der Waals surface area contributed by atoms with E-state index in [0.29, 0.717) is 27.1 Å². The van der Waals surface area contributed by atoms with Gasteiger partial charge in [0.1, 0.15) is 11.1 Å². The predicted molar refractivity (Wildman–Crippen MR) is 123 cm³/mol. The average Bonchev–Trinajstić information content (AvgIpc) is 3.44. The van der Waals surface area contributed by atoms with E-state index >= 15 is 0 Å². The molecule has 1 fully saturated rings. The fourth-order valence-electron chi connectivity index (χ4n) is 4.30. The summed E-state index contributed by atoms with van der Waals surface area (Å²) < 4.78 is 15.6. The highest BCUT2D eigenvalue weighted by Gasteiger charge is 2.50. The van der Waals surface area contributed by atoms with Gasteiger partial charge >= 0.3 is 6.03 Å². The first-order valence-corrected chi connectivity index (χ1v) is 11.2. The number of imide groups is 1. The standard InChI is InChI=1S/C23H16FN7O2S/c1-29-20-14(11-28-29)10-27-12-18(20)31-22(32)21-17(30(23(31)33)6-2-5-25)8-19(34-21)16-7-15(24)4-3-13(16)9-26/h3-4,7-8,10-12,17,21H,2,6H2,1H3. The van der Waals surface area contributed by atoms with Crippen molar-refractivity contribution in [1.29, 1.82) is 10.5 Å². The lowest BCUT2D eigenvalue weighted by Crippen LogP contribution is -2.62. The van der Waals surface area contributed by atoms with Gasteiger partial charge in [0.2, 0.25) is 0 Å². The monoisotopic (exact) mass is 473 g/mol. The number of pyridine rings is 1. The van der Waals surface area contributed by atoms with Gasteiger partial charge in [-0.05, 0) is 24.3 Å². The van der Waals surface area contributed by atoms with Gasteiger partial charge < -0.3 is 4.90 Å². The molecule has 0 bridgehead atoms. The summed E-state index contributed by atoms with van der Waals surface area (Å²) >= 11 is 1.18. The molecule has 2 aromatic heterocycles. The van der Waals surface area contributed by atoms with Gasteiger partial charge in [-0.15, -0.1) is 11.8 Å². The minimum Gasteiger partial charge on any atom is -0.315 e. The van der Waals surface area contributed by atoms with Crippen LogP contribution in [0.4, 0.5) is 14.9 Å². The highest BCUT2D eigenvalue weighted by Crippen LogP contribution is 2.46. The summed E-state index contributed by atoms with van der Waals surface area (Å²) in [6.45, 7) is 0.105. The van der Waals surface area contributed by atoms with Gasteiger partial charge in [-0.25, -0.2) is 14.1 Å². The number of aromatic nitrogens is 3. The second-order valence-electron chi connectivity index (χ2n) is 7.78. The molecule has 2 aliphatic rings. The maximum atomic E-state index is 14.0. The number of urea groups is 1. The molecule has 0 N–H and O–H groups in total. The van der Waals surface area contributed by atoms with Crippen LogP contribution in [-0.4, -0.2) is 49.4 Å². The van der Waals surface area contributed by atoms with E-state index in [9.17, 15) is 19.2 Å². The number of rotatable bonds is 4. The number of hydrogen-bond acceptors (Lipinski definition) is 7. The van der Waals surface area contributed by atoms with E-state index in [1.54, 1.807) is 30.2 Å². The van der Waals surface area contributed by atoms with Crippen LogP contribution in [0.1, 0.15) is 17.5 Å². The molecule has 9 nitrogen and oxygen atoms in total. The third-order valence-corrected chi connectivity index (χ3v) is 7.18. The lowest BCUT2D eigenvalue weighted by molar-refractivity contribution is -0.119. The van der Waals surface area contributed by atoms with Crippen LogP contribution >= 0.6 is 11.8 Å². The number of nitrogens with zero attached hydrogens (tertiary/aromatic N) is 7. The Bertz CT molecular complexity index is 1470. The smallest absolute Gasteiger partial charge is 0.315 e. The number of hydrogen-bond donors (Lipinski definition) is 0. The summed E-state index contributed by atoms with van der Waals surface area (Å²) in [6, 6.07) is 6.71. The van der Waals surface area contributed by atoms with E-state index in [1.807, 2.05) is 12.1 Å². The summed E-state index contributed by atoms with van der Waals surface area (Å²) in [5.74, 6) is -0.963. The number of anilines is 1. The molecule has 2 unspecified atom stereocenters. The zero-order valence-corrected chi connectivity index (χ0v) is 18.7. The van der Waals surface area contributed by atoms with Crippen LogP contribution in [0.5, 0.6) is 0 Å². The van der Waals surface area contributed by atoms with Crippen LogP contribution in [0.2, 0.25) is 0 Å². The van der Waals surface area contributed by atoms with Crippen molar-refractivity contribution in [2.75, 3.05) is 11.4 Å². The van der Waals surface area contributed by atoms with Crippen LogP contribution in [0.3, 0.4) is 0 Å². The molecule has 3 aromatic rings. The topological polar surface area (TPSA) is 119 Å². The number of benzene rings is 1. The molecule has 1 saturated heterocycles. The molecular weight excluding hydrogens is 457 g/mol. The first kappa shape index (κ1) is 21.6. The SMILES string of the molecule is Cn1ncc2cncc(N3C(=O)C4SC(c5cc(F)ccc5C#N)=CC4N(CCC#N)C3=O)c21. The van der Waals surface area contributed by atoms with Crippen molar-refractivity contribution < 1.29 is 14.0 Å². The maximum Gasteiger partial charge on any atom is 0.332 e. The van der Waals surface area contributed by atoms with Crippen LogP contribution < -0.4 is 4.90 Å². The number of amides is 3. The lowest BCUT2D eigenvalue weighted by Gasteiger charge is -2.40. The number of aryl methyl sites for hydroxylation is 1.